The number of hydrogen-bond acceptors (Lipinski definition) is 15. The average Bonchev–Trinajstić information content (AvgIpc) is 3.26. The number of rotatable bonds is 35. The van der Waals surface area contributed by atoms with E-state index in [0.717, 1.165) is 6.92 Å². The third kappa shape index (κ3) is 25.3. The molecule has 27 heteroatoms. The lowest BCUT2D eigenvalue weighted by Gasteiger charge is -2.29. The molecule has 0 aromatic heterocycles. The standard InChI is InChI=1S/C44H78N12O15/c1-20(2)19-29(53-37(63)25(46)12-15-30(47)58)41(67)56-35(24(8)57)43(69)52-28(14-17-32(60)61)38(64)49-23(7)36(62)54-33(21(3)4)42(68)51-27(13-16-31(48)59)39(65)50-26(11-9-10-18-45)40(66)55-34(22(5)6)44(70)71/h20-29,33-35,57H,9-19,45-46H2,1-8H3,(H2,47,58)(H2,48,59)(H,49,64)(H,50,65)(H,51,68)(H,52,69)(H,53,63)(H,54,62)(H,55,66)(H,56,67)(H,60,61)(H,70,71)/t23-,24+,25-,26-,27-,28-,29-,33-,34-,35-/m0/s1. The minimum Gasteiger partial charge on any atom is -0.481 e. The largest absolute Gasteiger partial charge is 0.481 e. The molecule has 0 aromatic carbocycles. The Morgan fingerprint density at radius 3 is 1.32 bits per heavy atom. The number of carbonyl (C=O) groups is 12. The van der Waals surface area contributed by atoms with Gasteiger partial charge in [0.15, 0.2) is 0 Å². The van der Waals surface area contributed by atoms with Crippen LogP contribution in [0.2, 0.25) is 0 Å². The number of carboxylic acid groups (broad SMARTS) is 2. The molecule has 71 heavy (non-hydrogen) atoms. The number of nitrogens with one attached hydrogen (secondary N) is 8. The average molecular weight is 1020 g/mol. The van der Waals surface area contributed by atoms with Gasteiger partial charge in [0.1, 0.15) is 48.3 Å². The van der Waals surface area contributed by atoms with Gasteiger partial charge in [-0.25, -0.2) is 4.79 Å². The third-order valence-electron chi connectivity index (χ3n) is 10.8. The first-order valence-electron chi connectivity index (χ1n) is 23.5. The molecule has 19 N–H and O–H groups in total. The SMILES string of the molecule is CC(C)C[C@H](NC(=O)[C@@H](N)CCC(N)=O)C(=O)N[C@H](C(=O)N[C@@H](CCC(=O)O)C(=O)N[C@@H](C)C(=O)N[C@H](C(=O)N[C@@H](CCC(N)=O)C(=O)N[C@@H](CCCCN)C(=O)N[C@H](C(=O)O)C(C)C)C(C)C)[C@@H](C)O. The van der Waals surface area contributed by atoms with Crippen LogP contribution in [0.25, 0.3) is 0 Å². The molecule has 0 saturated heterocycles. The molecule has 27 nitrogen and oxygen atoms in total. The van der Waals surface area contributed by atoms with Gasteiger partial charge in [0.25, 0.3) is 0 Å². The summed E-state index contributed by atoms with van der Waals surface area (Å²) in [6, 6.07) is -13.0. The molecule has 10 atom stereocenters. The molecule has 0 aliphatic heterocycles. The number of amides is 10. The van der Waals surface area contributed by atoms with Gasteiger partial charge in [-0.05, 0) is 83.1 Å². The second kappa shape index (κ2) is 32.4. The van der Waals surface area contributed by atoms with Crippen LogP contribution in [0.1, 0.15) is 120 Å². The molecule has 0 rings (SSSR count). The zero-order chi connectivity index (χ0) is 54.9. The summed E-state index contributed by atoms with van der Waals surface area (Å²) < 4.78 is 0. The number of unbranched alkanes of at least 4 members (excludes halogenated alkanes) is 1. The van der Waals surface area contributed by atoms with E-state index in [4.69, 9.17) is 22.9 Å². The minimum absolute atomic E-state index is 0.0287. The second-order valence-corrected chi connectivity index (χ2v) is 18.5. The molecule has 0 aliphatic rings. The van der Waals surface area contributed by atoms with Gasteiger partial charge in [-0.15, -0.1) is 0 Å². The maximum Gasteiger partial charge on any atom is 0.326 e. The molecule has 0 saturated carbocycles. The molecule has 10 amide bonds. The van der Waals surface area contributed by atoms with Gasteiger partial charge in [-0.1, -0.05) is 41.5 Å². The number of hydrogen-bond donors (Lipinski definition) is 15. The fourth-order valence-corrected chi connectivity index (χ4v) is 6.68. The monoisotopic (exact) mass is 1010 g/mol. The molecule has 0 fully saturated rings. The number of primary amides is 2. The Balaban J connectivity index is 6.35. The summed E-state index contributed by atoms with van der Waals surface area (Å²) in [6.45, 7) is 12.3. The number of aliphatic carboxylic acids is 2. The van der Waals surface area contributed by atoms with Crippen molar-refractivity contribution in [1.29, 1.82) is 0 Å². The summed E-state index contributed by atoms with van der Waals surface area (Å²) >= 11 is 0. The van der Waals surface area contributed by atoms with Gasteiger partial charge in [0, 0.05) is 19.3 Å². The lowest BCUT2D eigenvalue weighted by Crippen LogP contribution is -2.61. The van der Waals surface area contributed by atoms with Gasteiger partial charge >= 0.3 is 11.9 Å². The van der Waals surface area contributed by atoms with Crippen LogP contribution in [0.15, 0.2) is 0 Å². The van der Waals surface area contributed by atoms with Crippen molar-refractivity contribution in [1.82, 2.24) is 42.5 Å². The topological polar surface area (TPSA) is 466 Å². The molecule has 0 unspecified atom stereocenters. The van der Waals surface area contributed by atoms with Crippen LogP contribution in [-0.2, 0) is 57.5 Å². The molecular weight excluding hydrogens is 937 g/mol. The number of aliphatic hydroxyl groups is 1. The third-order valence-corrected chi connectivity index (χ3v) is 10.8. The van der Waals surface area contributed by atoms with E-state index in [9.17, 15) is 72.9 Å². The van der Waals surface area contributed by atoms with E-state index >= 15 is 0 Å². The first-order chi connectivity index (χ1) is 32.9. The molecule has 0 aromatic rings. The Morgan fingerprint density at radius 2 is 0.859 bits per heavy atom. The van der Waals surface area contributed by atoms with E-state index in [1.807, 2.05) is 0 Å². The van der Waals surface area contributed by atoms with Crippen molar-refractivity contribution < 1.29 is 72.9 Å². The van der Waals surface area contributed by atoms with Gasteiger partial charge in [0.05, 0.1) is 12.1 Å². The Kier molecular flexibility index (Phi) is 29.5. The smallest absolute Gasteiger partial charge is 0.326 e. The summed E-state index contributed by atoms with van der Waals surface area (Å²) in [6.07, 6.45) is -3.08. The van der Waals surface area contributed by atoms with Gasteiger partial charge in [-0.2, -0.15) is 0 Å². The lowest BCUT2D eigenvalue weighted by atomic mass is 10.0. The summed E-state index contributed by atoms with van der Waals surface area (Å²) in [7, 11) is 0. The van der Waals surface area contributed by atoms with Crippen LogP contribution in [-0.4, -0.2) is 153 Å². The van der Waals surface area contributed by atoms with E-state index in [0.29, 0.717) is 12.8 Å². The van der Waals surface area contributed by atoms with E-state index in [-0.39, 0.29) is 44.6 Å². The fourth-order valence-electron chi connectivity index (χ4n) is 6.68. The quantitative estimate of drug-likeness (QED) is 0.0266. The predicted molar refractivity (Wildman–Crippen MR) is 254 cm³/mol. The van der Waals surface area contributed by atoms with E-state index < -0.39 is 163 Å². The fraction of sp³-hybridized carbons (Fsp3) is 0.727. The maximum absolute atomic E-state index is 13.8. The van der Waals surface area contributed by atoms with Crippen molar-refractivity contribution in [2.24, 2.45) is 40.7 Å². The predicted octanol–water partition coefficient (Wildman–Crippen LogP) is -4.44. The highest BCUT2D eigenvalue weighted by molar-refractivity contribution is 5.98. The maximum atomic E-state index is 13.8. The van der Waals surface area contributed by atoms with Crippen LogP contribution in [0.4, 0.5) is 0 Å². The summed E-state index contributed by atoms with van der Waals surface area (Å²) in [5.41, 5.74) is 21.9. The van der Waals surface area contributed by atoms with Crippen molar-refractivity contribution in [3.8, 4) is 0 Å². The number of nitrogens with two attached hydrogens (primary N) is 4. The molecule has 404 valence electrons. The van der Waals surface area contributed by atoms with E-state index in [1.165, 1.54) is 20.8 Å². The van der Waals surface area contributed by atoms with Crippen LogP contribution in [0.5, 0.6) is 0 Å². The number of carboxylic acids is 2. The highest BCUT2D eigenvalue weighted by atomic mass is 16.4. The van der Waals surface area contributed by atoms with E-state index in [1.54, 1.807) is 27.7 Å². The molecule has 0 heterocycles. The Labute approximate surface area is 413 Å². The summed E-state index contributed by atoms with van der Waals surface area (Å²) in [5.74, 6) is -13.3. The second-order valence-electron chi connectivity index (χ2n) is 18.5. The highest BCUT2D eigenvalue weighted by Gasteiger charge is 2.36. The molecular formula is C44H78N12O15. The Morgan fingerprint density at radius 1 is 0.451 bits per heavy atom. The minimum atomic E-state index is -1.77. The van der Waals surface area contributed by atoms with Crippen LogP contribution in [0, 0.1) is 17.8 Å². The zero-order valence-electron chi connectivity index (χ0n) is 41.8. The van der Waals surface area contributed by atoms with Crippen molar-refractivity contribution in [2.45, 2.75) is 180 Å². The first-order valence-corrected chi connectivity index (χ1v) is 23.5. The van der Waals surface area contributed by atoms with Gasteiger partial charge in [-0.3, -0.25) is 52.7 Å². The summed E-state index contributed by atoms with van der Waals surface area (Å²) in [5, 5.41) is 48.8. The van der Waals surface area contributed by atoms with Crippen molar-refractivity contribution in [2.75, 3.05) is 6.54 Å². The summed E-state index contributed by atoms with van der Waals surface area (Å²) in [4.78, 5) is 154. The lowest BCUT2D eigenvalue weighted by molar-refractivity contribution is -0.143. The van der Waals surface area contributed by atoms with E-state index in [2.05, 4.69) is 42.5 Å². The molecule has 0 radical (unpaired) electrons. The first kappa shape index (κ1) is 64.5. The van der Waals surface area contributed by atoms with Crippen molar-refractivity contribution in [3.05, 3.63) is 0 Å². The Bertz CT molecular complexity index is 1860. The van der Waals surface area contributed by atoms with Crippen LogP contribution in [0.3, 0.4) is 0 Å². The van der Waals surface area contributed by atoms with Gasteiger partial charge < -0.3 is 80.8 Å². The van der Waals surface area contributed by atoms with Crippen molar-refractivity contribution in [3.63, 3.8) is 0 Å². The molecule has 0 spiro atoms. The van der Waals surface area contributed by atoms with Crippen molar-refractivity contribution >= 4 is 71.0 Å². The van der Waals surface area contributed by atoms with Crippen LogP contribution >= 0.6 is 0 Å². The number of carbonyl (C=O) groups excluding carboxylic acids is 10. The number of aliphatic hydroxyl groups excluding tert-OH is 1. The molecule has 0 bridgehead atoms. The molecule has 0 aliphatic carbocycles. The normalized spacial score (nSPS) is 15.5. The Hall–Kier alpha value is -6.48. The van der Waals surface area contributed by atoms with Crippen LogP contribution < -0.4 is 65.5 Å². The van der Waals surface area contributed by atoms with Gasteiger partial charge in [0.2, 0.25) is 59.1 Å². The zero-order valence-corrected chi connectivity index (χ0v) is 41.8. The highest BCUT2D eigenvalue weighted by Crippen LogP contribution is 2.11.